The first-order valence-electron chi connectivity index (χ1n) is 17.0. The largest absolute Gasteiger partial charge is 0.273 e. The zero-order valence-electron chi connectivity index (χ0n) is 28.9. The average Bonchev–Trinajstić information content (AvgIpc) is 3.17. The van der Waals surface area contributed by atoms with Gasteiger partial charge in [-0.3, -0.25) is 15.0 Å². The summed E-state index contributed by atoms with van der Waals surface area (Å²) in [5.74, 6) is 0. The molecule has 0 amide bonds. The van der Waals surface area contributed by atoms with Gasteiger partial charge in [0.15, 0.2) is 0 Å². The molecule has 3 nitrogen and oxygen atoms in total. The van der Waals surface area contributed by atoms with Gasteiger partial charge in [0.05, 0.1) is 5.52 Å². The van der Waals surface area contributed by atoms with E-state index in [-0.39, 0.29) is 0 Å². The van der Waals surface area contributed by atoms with Crippen LogP contribution in [-0.2, 0) is 0 Å². The van der Waals surface area contributed by atoms with Gasteiger partial charge in [-0.2, -0.15) is 0 Å². The summed E-state index contributed by atoms with van der Waals surface area (Å²) in [5, 5.41) is 8.94. The third kappa shape index (κ3) is 7.47. The van der Waals surface area contributed by atoms with Crippen LogP contribution in [0.5, 0.6) is 0 Å². The molecular formula is C46H43N3. The van der Waals surface area contributed by atoms with Crippen molar-refractivity contribution in [1.29, 1.82) is 0 Å². The monoisotopic (exact) mass is 637 g/mol. The number of hydrogen-bond donors (Lipinski definition) is 0. The molecule has 0 saturated carbocycles. The maximum atomic E-state index is 4.50. The van der Waals surface area contributed by atoms with Gasteiger partial charge in [-0.1, -0.05) is 138 Å². The van der Waals surface area contributed by atoms with E-state index in [1.165, 1.54) is 66.6 Å². The van der Waals surface area contributed by atoms with Gasteiger partial charge in [-0.15, -0.1) is 0 Å². The number of aliphatic imine (C=N–C) groups is 1. The van der Waals surface area contributed by atoms with E-state index in [9.17, 15) is 0 Å². The normalized spacial score (nSPS) is 10.6. The molecule has 0 aliphatic heterocycles. The Morgan fingerprint density at radius 1 is 0.612 bits per heavy atom. The predicted octanol–water partition coefficient (Wildman–Crippen LogP) is 13.4. The van der Waals surface area contributed by atoms with E-state index in [0.29, 0.717) is 0 Å². The van der Waals surface area contributed by atoms with E-state index >= 15 is 0 Å². The van der Waals surface area contributed by atoms with Crippen LogP contribution in [0.3, 0.4) is 0 Å². The van der Waals surface area contributed by atoms with E-state index < -0.39 is 0 Å². The molecule has 8 aromatic rings. The molecule has 2 aromatic heterocycles. The van der Waals surface area contributed by atoms with E-state index in [4.69, 9.17) is 0 Å². The molecule has 3 heteroatoms. The third-order valence-corrected chi connectivity index (χ3v) is 8.10. The number of fused-ring (bicyclic) bond motifs is 1. The van der Waals surface area contributed by atoms with Crippen molar-refractivity contribution >= 4 is 49.9 Å². The summed E-state index contributed by atoms with van der Waals surface area (Å²) in [5.41, 5.74) is 8.28. The number of aromatic nitrogens is 2. The summed E-state index contributed by atoms with van der Waals surface area (Å²) >= 11 is 0. The van der Waals surface area contributed by atoms with Crippen LogP contribution in [0.15, 0.2) is 164 Å². The van der Waals surface area contributed by atoms with Crippen LogP contribution < -0.4 is 0 Å². The van der Waals surface area contributed by atoms with Gasteiger partial charge >= 0.3 is 0 Å². The lowest BCUT2D eigenvalue weighted by atomic mass is 9.87. The van der Waals surface area contributed by atoms with Gasteiger partial charge < -0.3 is 0 Å². The summed E-state index contributed by atoms with van der Waals surface area (Å²) in [6, 6.07) is 41.8. The van der Waals surface area contributed by atoms with Crippen LogP contribution in [0.25, 0.3) is 76.6 Å². The molecule has 242 valence electrons. The first-order chi connectivity index (χ1) is 24.2. The first kappa shape index (κ1) is 34.4. The highest BCUT2D eigenvalue weighted by Crippen LogP contribution is 2.42. The fourth-order valence-electron chi connectivity index (χ4n) is 6.05. The van der Waals surface area contributed by atoms with E-state index in [2.05, 4.69) is 145 Å². The second-order valence-corrected chi connectivity index (χ2v) is 11.3. The van der Waals surface area contributed by atoms with Crippen LogP contribution in [0.2, 0.25) is 0 Å². The Morgan fingerprint density at radius 3 is 1.76 bits per heavy atom. The molecule has 0 atom stereocenters. The Labute approximate surface area is 290 Å². The Hall–Kier alpha value is -5.93. The molecule has 0 aliphatic rings. The summed E-state index contributed by atoms with van der Waals surface area (Å²) in [6.45, 7) is 14.9. The zero-order valence-corrected chi connectivity index (χ0v) is 28.9. The molecule has 0 N–H and O–H groups in total. The Kier molecular flexibility index (Phi) is 11.8. The maximum absolute atomic E-state index is 4.50. The lowest BCUT2D eigenvalue weighted by molar-refractivity contribution is 1.09. The highest BCUT2D eigenvalue weighted by molar-refractivity contribution is 6.27. The molecule has 0 spiro atoms. The highest BCUT2D eigenvalue weighted by Gasteiger charge is 2.15. The standard InChI is InChI=1S/C36H22N2.C5H7N.C3H8.C2H6/c1-4-29(22-37-19-1)23-5-7-24(8-6-23)30-14-11-25-9-10-26-12-15-31(33-17-16-32(30)35(25)36(26)33)27-13-18-34-28(21-27)3-2-20-38-34;1-3-4-5-6-2;1-3-2;1-2/h1-22H;3-5H,1-2H2;3H2,1-2H3;1-2H3/b;5-4-;;. The first-order valence-corrected chi connectivity index (χ1v) is 17.0. The lowest BCUT2D eigenvalue weighted by Crippen LogP contribution is -1.90. The van der Waals surface area contributed by atoms with Crippen molar-refractivity contribution in [2.24, 2.45) is 4.99 Å². The van der Waals surface area contributed by atoms with E-state index in [1.54, 1.807) is 18.4 Å². The molecule has 0 aliphatic carbocycles. The van der Waals surface area contributed by atoms with Crippen LogP contribution in [0.1, 0.15) is 34.1 Å². The highest BCUT2D eigenvalue weighted by atomic mass is 14.6. The number of nitrogens with zero attached hydrogens (tertiary/aromatic N) is 3. The van der Waals surface area contributed by atoms with Gasteiger partial charge in [-0.25, -0.2) is 0 Å². The molecule has 8 rings (SSSR count). The number of hydrogen-bond acceptors (Lipinski definition) is 3. The maximum Gasteiger partial charge on any atom is 0.0702 e. The van der Waals surface area contributed by atoms with Crippen molar-refractivity contribution < 1.29 is 0 Å². The fraction of sp³-hybridized carbons (Fsp3) is 0.109. The number of pyridine rings is 2. The van der Waals surface area contributed by atoms with E-state index in [0.717, 1.165) is 16.5 Å². The minimum Gasteiger partial charge on any atom is -0.273 e. The Bertz CT molecular complexity index is 2310. The summed E-state index contributed by atoms with van der Waals surface area (Å²) in [6.07, 6.45) is 11.8. The van der Waals surface area contributed by atoms with Crippen molar-refractivity contribution in [2.75, 3.05) is 0 Å². The van der Waals surface area contributed by atoms with Crippen molar-refractivity contribution in [1.82, 2.24) is 9.97 Å². The van der Waals surface area contributed by atoms with Gasteiger partial charge in [-0.05, 0) is 103 Å². The van der Waals surface area contributed by atoms with Crippen molar-refractivity contribution in [3.8, 4) is 33.4 Å². The van der Waals surface area contributed by atoms with E-state index in [1.807, 2.05) is 44.6 Å². The van der Waals surface area contributed by atoms with Crippen LogP contribution in [0.4, 0.5) is 0 Å². The van der Waals surface area contributed by atoms with Gasteiger partial charge in [0.25, 0.3) is 0 Å². The van der Waals surface area contributed by atoms with Gasteiger partial charge in [0.1, 0.15) is 0 Å². The molecule has 0 saturated heterocycles. The minimum atomic E-state index is 1.02. The number of benzene rings is 6. The quantitative estimate of drug-likeness (QED) is 0.107. The fourth-order valence-corrected chi connectivity index (χ4v) is 6.05. The third-order valence-electron chi connectivity index (χ3n) is 8.10. The zero-order chi connectivity index (χ0) is 34.6. The second-order valence-electron chi connectivity index (χ2n) is 11.3. The van der Waals surface area contributed by atoms with Crippen molar-refractivity contribution in [2.45, 2.75) is 34.1 Å². The Balaban J connectivity index is 0.000000377. The van der Waals surface area contributed by atoms with Gasteiger partial charge in [0.2, 0.25) is 0 Å². The molecule has 49 heavy (non-hydrogen) atoms. The molecular weight excluding hydrogens is 595 g/mol. The topological polar surface area (TPSA) is 38.1 Å². The molecule has 2 heterocycles. The van der Waals surface area contributed by atoms with Crippen LogP contribution >= 0.6 is 0 Å². The van der Waals surface area contributed by atoms with Gasteiger partial charge in [0, 0.05) is 30.2 Å². The second kappa shape index (κ2) is 16.8. The summed E-state index contributed by atoms with van der Waals surface area (Å²) < 4.78 is 0. The average molecular weight is 638 g/mol. The molecule has 0 fully saturated rings. The van der Waals surface area contributed by atoms with Crippen LogP contribution in [0, 0.1) is 0 Å². The van der Waals surface area contributed by atoms with Crippen molar-refractivity contribution in [3.63, 3.8) is 0 Å². The predicted molar refractivity (Wildman–Crippen MR) is 216 cm³/mol. The number of allylic oxidation sites excluding steroid dienone is 2. The number of rotatable bonds is 5. The summed E-state index contributed by atoms with van der Waals surface area (Å²) in [7, 11) is 0. The SMILES string of the molecule is C=C/C=C\N=C.CC.CCC.c1cncc(-c2ccc(-c3ccc4ccc5ccc(-c6ccc7ncccc7c6)c6ccc3c4c56)cc2)c1. The molecule has 0 radical (unpaired) electrons. The lowest BCUT2D eigenvalue weighted by Gasteiger charge is -2.17. The molecule has 0 bridgehead atoms. The molecule has 0 unspecified atom stereocenters. The Morgan fingerprint density at radius 2 is 1.18 bits per heavy atom. The molecule has 6 aromatic carbocycles. The van der Waals surface area contributed by atoms with Crippen LogP contribution in [-0.4, -0.2) is 16.7 Å². The minimum absolute atomic E-state index is 1.02. The van der Waals surface area contributed by atoms with Crippen molar-refractivity contribution in [3.05, 3.63) is 159 Å². The smallest absolute Gasteiger partial charge is 0.0702 e. The summed E-state index contributed by atoms with van der Waals surface area (Å²) in [4.78, 5) is 12.2.